The third-order valence-corrected chi connectivity index (χ3v) is 2.32. The van der Waals surface area contributed by atoms with Crippen LogP contribution in [0.15, 0.2) is 24.3 Å². The molecule has 1 aromatic rings. The fourth-order valence-corrected chi connectivity index (χ4v) is 1.53. The van der Waals surface area contributed by atoms with Gasteiger partial charge >= 0.3 is 5.97 Å². The van der Waals surface area contributed by atoms with Gasteiger partial charge in [-0.3, -0.25) is 14.9 Å². The second-order valence-electron chi connectivity index (χ2n) is 3.77. The molecule has 0 aliphatic heterocycles. The molecule has 0 spiro atoms. The number of hydrogen-bond acceptors (Lipinski definition) is 4. The van der Waals surface area contributed by atoms with Crippen LogP contribution in [0.5, 0.6) is 0 Å². The van der Waals surface area contributed by atoms with Gasteiger partial charge in [-0.05, 0) is 13.3 Å². The summed E-state index contributed by atoms with van der Waals surface area (Å²) < 4.78 is 0. The van der Waals surface area contributed by atoms with Crippen molar-refractivity contribution in [3.8, 4) is 0 Å². The van der Waals surface area contributed by atoms with E-state index in [4.69, 9.17) is 5.11 Å². The first-order chi connectivity index (χ1) is 8.00. The summed E-state index contributed by atoms with van der Waals surface area (Å²) in [6, 6.07) is 6.33. The maximum atomic E-state index is 10.8. The quantitative estimate of drug-likeness (QED) is 0.573. The molecule has 6 heteroatoms. The van der Waals surface area contributed by atoms with Crippen molar-refractivity contribution in [1.82, 2.24) is 5.32 Å². The molecule has 6 nitrogen and oxygen atoms in total. The third-order valence-electron chi connectivity index (χ3n) is 2.32. The van der Waals surface area contributed by atoms with Gasteiger partial charge in [0.25, 0.3) is 5.69 Å². The van der Waals surface area contributed by atoms with Crippen molar-refractivity contribution in [3.05, 3.63) is 39.9 Å². The van der Waals surface area contributed by atoms with E-state index in [2.05, 4.69) is 5.32 Å². The standard InChI is InChI=1S/C11H14N2O4/c1-8(12-7-11(14)15)6-9-4-2-3-5-10(9)13(16)17/h2-5,8,12H,6-7H2,1H3,(H,14,15). The molecule has 0 amide bonds. The molecule has 1 unspecified atom stereocenters. The summed E-state index contributed by atoms with van der Waals surface area (Å²) in [5, 5.41) is 22.0. The summed E-state index contributed by atoms with van der Waals surface area (Å²) in [6.07, 6.45) is 0.421. The number of nitrogens with one attached hydrogen (secondary N) is 1. The summed E-state index contributed by atoms with van der Waals surface area (Å²) >= 11 is 0. The van der Waals surface area contributed by atoms with Crippen LogP contribution in [-0.4, -0.2) is 28.6 Å². The number of nitrogens with zero attached hydrogens (tertiary/aromatic N) is 1. The number of carboxylic acid groups (broad SMARTS) is 1. The number of rotatable bonds is 6. The maximum Gasteiger partial charge on any atom is 0.317 e. The Morgan fingerprint density at radius 3 is 2.76 bits per heavy atom. The van der Waals surface area contributed by atoms with Gasteiger partial charge in [0.1, 0.15) is 0 Å². The minimum Gasteiger partial charge on any atom is -0.480 e. The number of aliphatic carboxylic acids is 1. The molecule has 0 bridgehead atoms. The molecule has 0 heterocycles. The Morgan fingerprint density at radius 1 is 1.53 bits per heavy atom. The number of hydrogen-bond donors (Lipinski definition) is 2. The average Bonchev–Trinajstić information content (AvgIpc) is 2.27. The minimum atomic E-state index is -0.945. The minimum absolute atomic E-state index is 0.0662. The fraction of sp³-hybridized carbons (Fsp3) is 0.364. The van der Waals surface area contributed by atoms with E-state index in [0.717, 1.165) is 0 Å². The highest BCUT2D eigenvalue weighted by Gasteiger charge is 2.14. The molecule has 0 saturated carbocycles. The average molecular weight is 238 g/mol. The van der Waals surface area contributed by atoms with E-state index in [1.165, 1.54) is 6.07 Å². The van der Waals surface area contributed by atoms with Crippen LogP contribution in [0, 0.1) is 10.1 Å². The van der Waals surface area contributed by atoms with E-state index >= 15 is 0 Å². The van der Waals surface area contributed by atoms with Gasteiger partial charge in [0, 0.05) is 17.7 Å². The van der Waals surface area contributed by atoms with E-state index in [-0.39, 0.29) is 18.3 Å². The first-order valence-electron chi connectivity index (χ1n) is 5.18. The number of carboxylic acids is 1. The molecule has 2 N–H and O–H groups in total. The molecule has 17 heavy (non-hydrogen) atoms. The van der Waals surface area contributed by atoms with Crippen molar-refractivity contribution >= 4 is 11.7 Å². The van der Waals surface area contributed by atoms with E-state index in [9.17, 15) is 14.9 Å². The van der Waals surface area contributed by atoms with Crippen LogP contribution in [-0.2, 0) is 11.2 Å². The zero-order valence-corrected chi connectivity index (χ0v) is 9.42. The zero-order valence-electron chi connectivity index (χ0n) is 9.42. The van der Waals surface area contributed by atoms with E-state index < -0.39 is 10.9 Å². The van der Waals surface area contributed by atoms with Crippen LogP contribution >= 0.6 is 0 Å². The molecule has 1 rings (SSSR count). The van der Waals surface area contributed by atoms with Crippen molar-refractivity contribution in [3.63, 3.8) is 0 Å². The molecular weight excluding hydrogens is 224 g/mol. The Balaban J connectivity index is 2.67. The van der Waals surface area contributed by atoms with E-state index in [1.807, 2.05) is 0 Å². The highest BCUT2D eigenvalue weighted by Crippen LogP contribution is 2.18. The maximum absolute atomic E-state index is 10.8. The highest BCUT2D eigenvalue weighted by molar-refractivity contribution is 5.69. The van der Waals surface area contributed by atoms with Crippen LogP contribution in [0.4, 0.5) is 5.69 Å². The molecule has 0 aliphatic rings. The molecule has 0 fully saturated rings. The van der Waals surface area contributed by atoms with Crippen LogP contribution in [0.25, 0.3) is 0 Å². The number of para-hydroxylation sites is 1. The number of nitro groups is 1. The molecule has 92 valence electrons. The number of carbonyl (C=O) groups is 1. The first kappa shape index (κ1) is 13.1. The Hall–Kier alpha value is -1.95. The zero-order chi connectivity index (χ0) is 12.8. The van der Waals surface area contributed by atoms with E-state index in [0.29, 0.717) is 12.0 Å². The lowest BCUT2D eigenvalue weighted by molar-refractivity contribution is -0.385. The monoisotopic (exact) mass is 238 g/mol. The lowest BCUT2D eigenvalue weighted by atomic mass is 10.1. The van der Waals surface area contributed by atoms with Gasteiger partial charge in [-0.15, -0.1) is 0 Å². The normalized spacial score (nSPS) is 12.1. The van der Waals surface area contributed by atoms with Crippen molar-refractivity contribution < 1.29 is 14.8 Å². The van der Waals surface area contributed by atoms with Crippen molar-refractivity contribution in [2.75, 3.05) is 6.54 Å². The molecule has 1 aromatic carbocycles. The van der Waals surface area contributed by atoms with Gasteiger partial charge in [-0.25, -0.2) is 0 Å². The predicted molar refractivity (Wildman–Crippen MR) is 61.9 cm³/mol. The van der Waals surface area contributed by atoms with Gasteiger partial charge < -0.3 is 10.4 Å². The van der Waals surface area contributed by atoms with Gasteiger partial charge in [-0.1, -0.05) is 18.2 Å². The van der Waals surface area contributed by atoms with Gasteiger partial charge in [0.15, 0.2) is 0 Å². The largest absolute Gasteiger partial charge is 0.480 e. The van der Waals surface area contributed by atoms with Gasteiger partial charge in [0.05, 0.1) is 11.5 Å². The second-order valence-corrected chi connectivity index (χ2v) is 3.77. The Morgan fingerprint density at radius 2 is 2.18 bits per heavy atom. The molecule has 0 radical (unpaired) electrons. The summed E-state index contributed by atoms with van der Waals surface area (Å²) in [5.41, 5.74) is 0.666. The highest BCUT2D eigenvalue weighted by atomic mass is 16.6. The van der Waals surface area contributed by atoms with Crippen molar-refractivity contribution in [1.29, 1.82) is 0 Å². The fourth-order valence-electron chi connectivity index (χ4n) is 1.53. The van der Waals surface area contributed by atoms with E-state index in [1.54, 1.807) is 25.1 Å². The van der Waals surface area contributed by atoms with Gasteiger partial charge in [0.2, 0.25) is 0 Å². The lowest BCUT2D eigenvalue weighted by Gasteiger charge is -2.12. The molecule has 0 aliphatic carbocycles. The number of nitro benzene ring substituents is 1. The molecule has 0 saturated heterocycles. The SMILES string of the molecule is CC(Cc1ccccc1[N+](=O)[O-])NCC(=O)O. The van der Waals surface area contributed by atoms with Crippen molar-refractivity contribution in [2.24, 2.45) is 0 Å². The van der Waals surface area contributed by atoms with Crippen LogP contribution in [0.1, 0.15) is 12.5 Å². The predicted octanol–water partition coefficient (Wildman–Crippen LogP) is 1.20. The molecule has 1 atom stereocenters. The summed E-state index contributed by atoms with van der Waals surface area (Å²) in [6.45, 7) is 1.64. The second kappa shape index (κ2) is 5.95. The first-order valence-corrected chi connectivity index (χ1v) is 5.18. The van der Waals surface area contributed by atoms with Crippen molar-refractivity contribution in [2.45, 2.75) is 19.4 Å². The van der Waals surface area contributed by atoms with Gasteiger partial charge in [-0.2, -0.15) is 0 Å². The van der Waals surface area contributed by atoms with Crippen LogP contribution in [0.3, 0.4) is 0 Å². The van der Waals surface area contributed by atoms with Crippen LogP contribution in [0.2, 0.25) is 0 Å². The Kier molecular flexibility index (Phi) is 4.59. The lowest BCUT2D eigenvalue weighted by Crippen LogP contribution is -2.32. The summed E-state index contributed by atoms with van der Waals surface area (Å²) in [5.74, 6) is -0.945. The number of benzene rings is 1. The smallest absolute Gasteiger partial charge is 0.317 e. The molecule has 0 aromatic heterocycles. The Labute approximate surface area is 98.4 Å². The summed E-state index contributed by atoms with van der Waals surface area (Å²) in [4.78, 5) is 20.7. The topological polar surface area (TPSA) is 92.5 Å². The third kappa shape index (κ3) is 4.20. The summed E-state index contributed by atoms with van der Waals surface area (Å²) in [7, 11) is 0. The Bertz CT molecular complexity index is 420. The molecular formula is C11H14N2O4. The van der Waals surface area contributed by atoms with Crippen LogP contribution < -0.4 is 5.32 Å².